The van der Waals surface area contributed by atoms with Gasteiger partial charge < -0.3 is 19.5 Å². The van der Waals surface area contributed by atoms with Crippen LogP contribution in [0.2, 0.25) is 0 Å². The van der Waals surface area contributed by atoms with Crippen molar-refractivity contribution < 1.29 is 18.8 Å². The Morgan fingerprint density at radius 3 is 2.53 bits per heavy atom. The number of nitrogens with one attached hydrogen (secondary N) is 1. The molecule has 1 aliphatic rings. The Hall–Kier alpha value is -3.68. The van der Waals surface area contributed by atoms with E-state index >= 15 is 0 Å². The van der Waals surface area contributed by atoms with Crippen LogP contribution < -0.4 is 10.1 Å². The number of aromatic nitrogens is 2. The molecule has 1 aliphatic heterocycles. The summed E-state index contributed by atoms with van der Waals surface area (Å²) < 4.78 is 11.0. The number of benzene rings is 2. The molecule has 1 aromatic heterocycles. The van der Waals surface area contributed by atoms with Crippen LogP contribution >= 0.6 is 0 Å². The zero-order valence-corrected chi connectivity index (χ0v) is 19.8. The molecule has 2 amide bonds. The van der Waals surface area contributed by atoms with Crippen molar-refractivity contribution in [2.24, 2.45) is 5.92 Å². The summed E-state index contributed by atoms with van der Waals surface area (Å²) in [6.07, 6.45) is 1.20. The number of carbonyl (C=O) groups is 2. The summed E-state index contributed by atoms with van der Waals surface area (Å²) in [6, 6.07) is 15.0. The fraction of sp³-hybridized carbons (Fsp3) is 0.385. The van der Waals surface area contributed by atoms with E-state index in [1.165, 1.54) is 0 Å². The number of rotatable bonds is 7. The van der Waals surface area contributed by atoms with E-state index in [1.54, 1.807) is 4.90 Å². The molecule has 0 atom stereocenters. The highest BCUT2D eigenvalue weighted by Gasteiger charge is 2.28. The van der Waals surface area contributed by atoms with Crippen molar-refractivity contribution in [2.45, 2.75) is 39.5 Å². The van der Waals surface area contributed by atoms with E-state index in [0.717, 1.165) is 5.56 Å². The molecule has 8 heteroatoms. The monoisotopic (exact) mass is 462 g/mol. The fourth-order valence-corrected chi connectivity index (χ4v) is 3.96. The van der Waals surface area contributed by atoms with Crippen LogP contribution in [0.25, 0.3) is 11.5 Å². The normalized spacial score (nSPS) is 14.3. The van der Waals surface area contributed by atoms with Gasteiger partial charge in [-0.15, -0.1) is 0 Å². The summed E-state index contributed by atoms with van der Waals surface area (Å²) in [5.41, 5.74) is 2.31. The van der Waals surface area contributed by atoms with Crippen LogP contribution in [0, 0.1) is 12.8 Å². The topological polar surface area (TPSA) is 97.6 Å². The molecule has 8 nitrogen and oxygen atoms in total. The largest absolute Gasteiger partial charge is 0.484 e. The predicted octanol–water partition coefficient (Wildman–Crippen LogP) is 4.42. The molecule has 1 fully saturated rings. The SMILES string of the molecule is Cc1cccc(-c2nc(C(C)C)no2)c1NC(=O)C1CCN(C(=O)COc2ccccc2)CC1. The van der Waals surface area contributed by atoms with Gasteiger partial charge in [0.25, 0.3) is 11.8 Å². The van der Waals surface area contributed by atoms with E-state index in [9.17, 15) is 9.59 Å². The molecule has 4 rings (SSSR count). The number of aryl methyl sites for hydroxylation is 1. The average molecular weight is 463 g/mol. The summed E-state index contributed by atoms with van der Waals surface area (Å²) in [5, 5.41) is 7.13. The van der Waals surface area contributed by atoms with Crippen molar-refractivity contribution >= 4 is 17.5 Å². The van der Waals surface area contributed by atoms with Crippen molar-refractivity contribution in [1.29, 1.82) is 0 Å². The summed E-state index contributed by atoms with van der Waals surface area (Å²) in [6.45, 7) is 6.98. The lowest BCUT2D eigenvalue weighted by Gasteiger charge is -2.31. The van der Waals surface area contributed by atoms with Crippen molar-refractivity contribution in [3.05, 3.63) is 59.9 Å². The van der Waals surface area contributed by atoms with Crippen LogP contribution in [0.3, 0.4) is 0 Å². The molecule has 178 valence electrons. The van der Waals surface area contributed by atoms with E-state index in [1.807, 2.05) is 69.3 Å². The molecular formula is C26H30N4O4. The first-order chi connectivity index (χ1) is 16.4. The first-order valence-electron chi connectivity index (χ1n) is 11.6. The number of ether oxygens (including phenoxy) is 1. The zero-order chi connectivity index (χ0) is 24.1. The lowest BCUT2D eigenvalue weighted by Crippen LogP contribution is -2.43. The third-order valence-electron chi connectivity index (χ3n) is 6.03. The lowest BCUT2D eigenvalue weighted by atomic mass is 9.95. The highest BCUT2D eigenvalue weighted by molar-refractivity contribution is 5.97. The second kappa shape index (κ2) is 10.5. The summed E-state index contributed by atoms with van der Waals surface area (Å²) in [4.78, 5) is 31.9. The molecule has 1 N–H and O–H groups in total. The Balaban J connectivity index is 1.35. The second-order valence-electron chi connectivity index (χ2n) is 8.86. The maximum atomic E-state index is 13.1. The minimum absolute atomic E-state index is 0.00397. The molecule has 0 spiro atoms. The van der Waals surface area contributed by atoms with Crippen molar-refractivity contribution in [3.8, 4) is 17.2 Å². The Morgan fingerprint density at radius 2 is 1.85 bits per heavy atom. The van der Waals surface area contributed by atoms with Crippen LogP contribution in [0.15, 0.2) is 53.1 Å². The first kappa shape index (κ1) is 23.5. The van der Waals surface area contributed by atoms with Gasteiger partial charge in [0.1, 0.15) is 5.75 Å². The molecule has 2 aromatic carbocycles. The van der Waals surface area contributed by atoms with Crippen LogP contribution in [0.5, 0.6) is 5.75 Å². The summed E-state index contributed by atoms with van der Waals surface area (Å²) in [7, 11) is 0. The molecule has 0 saturated carbocycles. The van der Waals surface area contributed by atoms with Gasteiger partial charge >= 0.3 is 0 Å². The van der Waals surface area contributed by atoms with Crippen LogP contribution in [0.4, 0.5) is 5.69 Å². The maximum Gasteiger partial charge on any atom is 0.260 e. The zero-order valence-electron chi connectivity index (χ0n) is 19.8. The standard InChI is InChI=1S/C26H30N4O4/c1-17(2)24-28-26(34-29-24)21-11-7-8-18(3)23(21)27-25(32)19-12-14-30(15-13-19)22(31)16-33-20-9-5-4-6-10-20/h4-11,17,19H,12-16H2,1-3H3,(H,27,32). The number of amides is 2. The summed E-state index contributed by atoms with van der Waals surface area (Å²) in [5.74, 6) is 1.52. The Kier molecular flexibility index (Phi) is 7.25. The number of hydrogen-bond acceptors (Lipinski definition) is 6. The highest BCUT2D eigenvalue weighted by Crippen LogP contribution is 2.31. The number of nitrogens with zero attached hydrogens (tertiary/aromatic N) is 3. The van der Waals surface area contributed by atoms with Crippen molar-refractivity contribution in [1.82, 2.24) is 15.0 Å². The van der Waals surface area contributed by atoms with Gasteiger partial charge in [0.05, 0.1) is 11.3 Å². The third kappa shape index (κ3) is 5.44. The van der Waals surface area contributed by atoms with Gasteiger partial charge in [-0.05, 0) is 43.5 Å². The first-order valence-corrected chi connectivity index (χ1v) is 11.6. The van der Waals surface area contributed by atoms with Gasteiger partial charge in [-0.25, -0.2) is 0 Å². The molecule has 0 bridgehead atoms. The van der Waals surface area contributed by atoms with Gasteiger partial charge in [-0.1, -0.05) is 49.3 Å². The van der Waals surface area contributed by atoms with Crippen LogP contribution in [-0.2, 0) is 9.59 Å². The minimum Gasteiger partial charge on any atom is -0.484 e. The van der Waals surface area contributed by atoms with Gasteiger partial charge in [-0.2, -0.15) is 4.98 Å². The van der Waals surface area contributed by atoms with Gasteiger partial charge in [0.15, 0.2) is 12.4 Å². The molecule has 0 radical (unpaired) electrons. The van der Waals surface area contributed by atoms with Crippen LogP contribution in [0.1, 0.15) is 44.0 Å². The van der Waals surface area contributed by atoms with Gasteiger partial charge in [0.2, 0.25) is 5.91 Å². The Bertz CT molecular complexity index is 1130. The molecule has 2 heterocycles. The molecular weight excluding hydrogens is 432 g/mol. The van der Waals surface area contributed by atoms with Crippen LogP contribution in [-0.4, -0.2) is 46.6 Å². The highest BCUT2D eigenvalue weighted by atomic mass is 16.5. The molecule has 3 aromatic rings. The Morgan fingerprint density at radius 1 is 1.12 bits per heavy atom. The second-order valence-corrected chi connectivity index (χ2v) is 8.86. The number of carbonyl (C=O) groups excluding carboxylic acids is 2. The summed E-state index contributed by atoms with van der Waals surface area (Å²) >= 11 is 0. The van der Waals surface area contributed by atoms with E-state index in [0.29, 0.717) is 54.6 Å². The van der Waals surface area contributed by atoms with Gasteiger partial charge in [-0.3, -0.25) is 9.59 Å². The Labute approximate surface area is 199 Å². The predicted molar refractivity (Wildman–Crippen MR) is 128 cm³/mol. The number of likely N-dealkylation sites (tertiary alicyclic amines) is 1. The molecule has 1 saturated heterocycles. The minimum atomic E-state index is -0.180. The van der Waals surface area contributed by atoms with E-state index in [2.05, 4.69) is 15.5 Å². The quantitative estimate of drug-likeness (QED) is 0.558. The number of piperidine rings is 1. The van der Waals surface area contributed by atoms with Crippen molar-refractivity contribution in [3.63, 3.8) is 0 Å². The third-order valence-corrected chi connectivity index (χ3v) is 6.03. The molecule has 0 aliphatic carbocycles. The number of para-hydroxylation sites is 2. The average Bonchev–Trinajstić information content (AvgIpc) is 3.35. The van der Waals surface area contributed by atoms with E-state index < -0.39 is 0 Å². The number of hydrogen-bond donors (Lipinski definition) is 1. The molecule has 34 heavy (non-hydrogen) atoms. The molecule has 0 unspecified atom stereocenters. The van der Waals surface area contributed by atoms with Gasteiger partial charge in [0, 0.05) is 24.9 Å². The number of anilines is 1. The van der Waals surface area contributed by atoms with E-state index in [-0.39, 0.29) is 30.3 Å². The fourth-order valence-electron chi connectivity index (χ4n) is 3.96. The van der Waals surface area contributed by atoms with E-state index in [4.69, 9.17) is 9.26 Å². The lowest BCUT2D eigenvalue weighted by molar-refractivity contribution is -0.136. The maximum absolute atomic E-state index is 13.1. The smallest absolute Gasteiger partial charge is 0.260 e. The van der Waals surface area contributed by atoms with Crippen molar-refractivity contribution in [2.75, 3.05) is 25.0 Å².